The third kappa shape index (κ3) is 1.19. The minimum atomic E-state index is 0.293. The van der Waals surface area contributed by atoms with Gasteiger partial charge in [0.15, 0.2) is 17.3 Å². The first-order chi connectivity index (χ1) is 4.77. The van der Waals surface area contributed by atoms with E-state index in [1.807, 2.05) is 6.92 Å². The van der Waals surface area contributed by atoms with Gasteiger partial charge in [-0.15, -0.1) is 0 Å². The van der Waals surface area contributed by atoms with Crippen LogP contribution < -0.4 is 0 Å². The lowest BCUT2D eigenvalue weighted by atomic mass is 10.4. The van der Waals surface area contributed by atoms with Crippen LogP contribution in [0.4, 0.5) is 0 Å². The Hall–Kier alpha value is -0.830. The quantitative estimate of drug-likeness (QED) is 0.662. The number of rotatable bonds is 2. The van der Waals surface area contributed by atoms with Crippen LogP contribution in [0, 0.1) is 0 Å². The maximum Gasteiger partial charge on any atom is 0.185 e. The first-order valence-corrected chi connectivity index (χ1v) is 3.35. The minimum Gasteiger partial charge on any atom is -0.338 e. The first-order valence-electron chi connectivity index (χ1n) is 2.97. The molecule has 0 radical (unpaired) electrons. The van der Waals surface area contributed by atoms with Gasteiger partial charge in [-0.1, -0.05) is 18.5 Å². The van der Waals surface area contributed by atoms with Gasteiger partial charge in [-0.25, -0.2) is 4.98 Å². The molecule has 1 heterocycles. The van der Waals surface area contributed by atoms with Gasteiger partial charge in [0.1, 0.15) is 0 Å². The van der Waals surface area contributed by atoms with Crippen molar-refractivity contribution in [2.45, 2.75) is 13.3 Å². The maximum absolute atomic E-state index is 10.1. The van der Waals surface area contributed by atoms with Gasteiger partial charge in [0.05, 0.1) is 5.69 Å². The van der Waals surface area contributed by atoms with Crippen LogP contribution in [-0.2, 0) is 6.42 Å². The number of aromatic nitrogens is 2. The second-order valence-electron chi connectivity index (χ2n) is 1.86. The number of nitrogens with one attached hydrogen (secondary N) is 1. The molecule has 3 nitrogen and oxygen atoms in total. The molecule has 0 aliphatic heterocycles. The molecule has 1 aromatic heterocycles. The van der Waals surface area contributed by atoms with E-state index >= 15 is 0 Å². The Morgan fingerprint density at radius 3 is 2.80 bits per heavy atom. The van der Waals surface area contributed by atoms with Crippen molar-refractivity contribution < 1.29 is 4.79 Å². The van der Waals surface area contributed by atoms with Crippen molar-refractivity contribution in [1.29, 1.82) is 0 Å². The van der Waals surface area contributed by atoms with Crippen LogP contribution in [0.15, 0.2) is 0 Å². The summed E-state index contributed by atoms with van der Waals surface area (Å²) >= 11 is 5.62. The lowest BCUT2D eigenvalue weighted by Crippen LogP contribution is -1.82. The van der Waals surface area contributed by atoms with Crippen molar-refractivity contribution in [3.05, 3.63) is 16.7 Å². The summed E-state index contributed by atoms with van der Waals surface area (Å²) in [7, 11) is 0. The van der Waals surface area contributed by atoms with E-state index in [1.54, 1.807) is 0 Å². The summed E-state index contributed by atoms with van der Waals surface area (Å²) in [6.07, 6.45) is 1.41. The molecule has 1 rings (SSSR count). The average molecular weight is 159 g/mol. The summed E-state index contributed by atoms with van der Waals surface area (Å²) in [5, 5.41) is 0.393. The molecule has 0 saturated carbocycles. The highest BCUT2D eigenvalue weighted by atomic mass is 35.5. The SMILES string of the molecule is CCc1[nH]c(C=O)nc1Cl. The molecular formula is C6H7ClN2O. The predicted molar refractivity (Wildman–Crippen MR) is 38.4 cm³/mol. The highest BCUT2D eigenvalue weighted by Gasteiger charge is 2.03. The van der Waals surface area contributed by atoms with Crippen LogP contribution in [0.5, 0.6) is 0 Å². The summed E-state index contributed by atoms with van der Waals surface area (Å²) in [4.78, 5) is 16.6. The van der Waals surface area contributed by atoms with E-state index in [0.717, 1.165) is 12.1 Å². The van der Waals surface area contributed by atoms with Crippen LogP contribution in [0.25, 0.3) is 0 Å². The summed E-state index contributed by atoms with van der Waals surface area (Å²) in [6, 6.07) is 0. The Labute approximate surface area is 63.4 Å². The fraction of sp³-hybridized carbons (Fsp3) is 0.333. The molecule has 0 aromatic carbocycles. The molecule has 10 heavy (non-hydrogen) atoms. The Bertz CT molecular complexity index is 244. The normalized spacial score (nSPS) is 9.80. The smallest absolute Gasteiger partial charge is 0.185 e. The highest BCUT2D eigenvalue weighted by Crippen LogP contribution is 2.11. The van der Waals surface area contributed by atoms with Crippen molar-refractivity contribution in [3.8, 4) is 0 Å². The average Bonchev–Trinajstić information content (AvgIpc) is 2.30. The number of imidazole rings is 1. The highest BCUT2D eigenvalue weighted by molar-refractivity contribution is 6.30. The Kier molecular flexibility index (Phi) is 2.06. The zero-order chi connectivity index (χ0) is 7.56. The number of carbonyl (C=O) groups excluding carboxylic acids is 1. The number of halogens is 1. The monoisotopic (exact) mass is 158 g/mol. The molecule has 0 fully saturated rings. The van der Waals surface area contributed by atoms with Gasteiger partial charge < -0.3 is 4.98 Å². The molecule has 1 N–H and O–H groups in total. The van der Waals surface area contributed by atoms with Gasteiger partial charge >= 0.3 is 0 Å². The fourth-order valence-corrected chi connectivity index (χ4v) is 0.969. The molecule has 0 saturated heterocycles. The van der Waals surface area contributed by atoms with E-state index < -0.39 is 0 Å². The molecule has 0 atom stereocenters. The van der Waals surface area contributed by atoms with E-state index in [2.05, 4.69) is 9.97 Å². The van der Waals surface area contributed by atoms with Crippen LogP contribution in [0.1, 0.15) is 23.2 Å². The maximum atomic E-state index is 10.1. The predicted octanol–water partition coefficient (Wildman–Crippen LogP) is 1.44. The topological polar surface area (TPSA) is 45.8 Å². The van der Waals surface area contributed by atoms with E-state index in [0.29, 0.717) is 17.3 Å². The van der Waals surface area contributed by atoms with Crippen molar-refractivity contribution in [1.82, 2.24) is 9.97 Å². The molecule has 0 spiro atoms. The largest absolute Gasteiger partial charge is 0.338 e. The van der Waals surface area contributed by atoms with Gasteiger partial charge in [-0.3, -0.25) is 4.79 Å². The van der Waals surface area contributed by atoms with Crippen molar-refractivity contribution >= 4 is 17.9 Å². The van der Waals surface area contributed by atoms with E-state index in [9.17, 15) is 4.79 Å². The number of H-pyrrole nitrogens is 1. The lowest BCUT2D eigenvalue weighted by molar-refractivity contribution is 0.111. The van der Waals surface area contributed by atoms with Gasteiger partial charge in [-0.05, 0) is 6.42 Å². The number of carbonyl (C=O) groups is 1. The Morgan fingerprint density at radius 2 is 2.50 bits per heavy atom. The number of hydrogen-bond donors (Lipinski definition) is 1. The second-order valence-corrected chi connectivity index (χ2v) is 2.22. The Balaban J connectivity index is 3.03. The molecule has 0 bridgehead atoms. The van der Waals surface area contributed by atoms with Crippen molar-refractivity contribution in [2.75, 3.05) is 0 Å². The van der Waals surface area contributed by atoms with Crippen molar-refractivity contribution in [2.24, 2.45) is 0 Å². The van der Waals surface area contributed by atoms with Crippen LogP contribution in [0.3, 0.4) is 0 Å². The van der Waals surface area contributed by atoms with Crippen molar-refractivity contribution in [3.63, 3.8) is 0 Å². The second kappa shape index (κ2) is 2.84. The molecule has 4 heteroatoms. The van der Waals surface area contributed by atoms with Gasteiger partial charge in [0.25, 0.3) is 0 Å². The number of aldehydes is 1. The number of aryl methyl sites for hydroxylation is 1. The molecule has 0 aliphatic carbocycles. The van der Waals surface area contributed by atoms with E-state index in [-0.39, 0.29) is 0 Å². The Morgan fingerprint density at radius 1 is 1.80 bits per heavy atom. The van der Waals surface area contributed by atoms with Crippen LogP contribution in [-0.4, -0.2) is 16.3 Å². The standard InChI is InChI=1S/C6H7ClN2O/c1-2-4-6(7)9-5(3-10)8-4/h3H,2H2,1H3,(H,8,9). The van der Waals surface area contributed by atoms with Gasteiger partial charge in [-0.2, -0.15) is 0 Å². The molecule has 54 valence electrons. The van der Waals surface area contributed by atoms with Gasteiger partial charge in [0.2, 0.25) is 0 Å². The molecule has 0 amide bonds. The molecular weight excluding hydrogens is 152 g/mol. The molecule has 0 unspecified atom stereocenters. The zero-order valence-electron chi connectivity index (χ0n) is 5.52. The molecule has 1 aromatic rings. The first kappa shape index (κ1) is 7.28. The summed E-state index contributed by atoms with van der Waals surface area (Å²) in [6.45, 7) is 1.94. The van der Waals surface area contributed by atoms with Crippen LogP contribution >= 0.6 is 11.6 Å². The zero-order valence-corrected chi connectivity index (χ0v) is 6.27. The third-order valence-electron chi connectivity index (χ3n) is 1.21. The van der Waals surface area contributed by atoms with E-state index in [1.165, 1.54) is 0 Å². The number of nitrogens with zero attached hydrogens (tertiary/aromatic N) is 1. The number of aromatic amines is 1. The summed E-state index contributed by atoms with van der Waals surface area (Å²) in [5.41, 5.74) is 0.809. The lowest BCUT2D eigenvalue weighted by Gasteiger charge is -1.85. The number of hydrogen-bond acceptors (Lipinski definition) is 2. The van der Waals surface area contributed by atoms with E-state index in [4.69, 9.17) is 11.6 Å². The molecule has 0 aliphatic rings. The fourth-order valence-electron chi connectivity index (χ4n) is 0.697. The van der Waals surface area contributed by atoms with Gasteiger partial charge in [0, 0.05) is 0 Å². The third-order valence-corrected chi connectivity index (χ3v) is 1.52. The summed E-state index contributed by atoms with van der Waals surface area (Å²) in [5.74, 6) is 0.293. The van der Waals surface area contributed by atoms with Crippen LogP contribution in [0.2, 0.25) is 5.15 Å². The summed E-state index contributed by atoms with van der Waals surface area (Å²) < 4.78 is 0. The minimum absolute atomic E-state index is 0.293.